The van der Waals surface area contributed by atoms with E-state index in [9.17, 15) is 27.5 Å². The van der Waals surface area contributed by atoms with Crippen molar-refractivity contribution >= 4 is 5.97 Å². The Kier molecular flexibility index (Phi) is 4.52. The minimum Gasteiger partial charge on any atom is -0.481 e. The van der Waals surface area contributed by atoms with E-state index >= 15 is 0 Å². The molecule has 0 amide bonds. The van der Waals surface area contributed by atoms with Gasteiger partial charge in [-0.05, 0) is 24.1 Å². The minimum absolute atomic E-state index is 0.165. The molecular formula is C12H12F4O3. The van der Waals surface area contributed by atoms with Crippen LogP contribution in [0.5, 0.6) is 0 Å². The Bertz CT molecular complexity index is 471. The van der Waals surface area contributed by atoms with Crippen LogP contribution in [0.25, 0.3) is 0 Å². The maximum absolute atomic E-state index is 13.0. The summed E-state index contributed by atoms with van der Waals surface area (Å²) in [5, 5.41) is 18.3. The molecule has 2 N–H and O–H groups in total. The van der Waals surface area contributed by atoms with E-state index in [-0.39, 0.29) is 12.0 Å². The molecule has 1 rings (SSSR count). The number of hydrogen-bond donors (Lipinski definition) is 2. The first-order chi connectivity index (χ1) is 8.62. The molecule has 0 spiro atoms. The number of aliphatic hydroxyl groups excluding tert-OH is 1. The fraction of sp³-hybridized carbons (Fsp3) is 0.417. The van der Waals surface area contributed by atoms with Crippen molar-refractivity contribution in [3.63, 3.8) is 0 Å². The Morgan fingerprint density at radius 1 is 1.37 bits per heavy atom. The Morgan fingerprint density at radius 2 is 1.95 bits per heavy atom. The van der Waals surface area contributed by atoms with Gasteiger partial charge >= 0.3 is 12.1 Å². The van der Waals surface area contributed by atoms with Crippen molar-refractivity contribution in [3.8, 4) is 0 Å². The molecule has 0 heterocycles. The first-order valence-electron chi connectivity index (χ1n) is 5.40. The maximum atomic E-state index is 13.0. The summed E-state index contributed by atoms with van der Waals surface area (Å²) in [7, 11) is 0. The number of alkyl halides is 3. The van der Waals surface area contributed by atoms with Crippen LogP contribution < -0.4 is 0 Å². The van der Waals surface area contributed by atoms with Crippen LogP contribution in [0.4, 0.5) is 17.6 Å². The van der Waals surface area contributed by atoms with Crippen LogP contribution >= 0.6 is 0 Å². The lowest BCUT2D eigenvalue weighted by molar-refractivity contribution is -0.142. The zero-order valence-electron chi connectivity index (χ0n) is 9.91. The van der Waals surface area contributed by atoms with Gasteiger partial charge in [-0.15, -0.1) is 0 Å². The van der Waals surface area contributed by atoms with Crippen LogP contribution in [0.2, 0.25) is 0 Å². The summed E-state index contributed by atoms with van der Waals surface area (Å²) in [4.78, 5) is 10.6. The fourth-order valence-corrected chi connectivity index (χ4v) is 1.54. The van der Waals surface area contributed by atoms with Crippen LogP contribution in [0.15, 0.2) is 18.2 Å². The highest BCUT2D eigenvalue weighted by Crippen LogP contribution is 2.33. The number of aliphatic hydroxyl groups is 1. The summed E-state index contributed by atoms with van der Waals surface area (Å²) in [5.41, 5.74) is -1.64. The van der Waals surface area contributed by atoms with Crippen molar-refractivity contribution in [1.29, 1.82) is 0 Å². The van der Waals surface area contributed by atoms with E-state index in [0.29, 0.717) is 12.1 Å². The third-order valence-electron chi connectivity index (χ3n) is 2.68. The molecule has 0 fully saturated rings. The number of carbonyl (C=O) groups is 1. The highest BCUT2D eigenvalue weighted by atomic mass is 19.4. The molecule has 106 valence electrons. The van der Waals surface area contributed by atoms with Gasteiger partial charge < -0.3 is 10.2 Å². The van der Waals surface area contributed by atoms with Gasteiger partial charge in [-0.25, -0.2) is 4.39 Å². The Labute approximate surface area is 106 Å². The number of benzene rings is 1. The van der Waals surface area contributed by atoms with E-state index in [0.717, 1.165) is 6.07 Å². The van der Waals surface area contributed by atoms with E-state index in [1.165, 1.54) is 6.92 Å². The van der Waals surface area contributed by atoms with Gasteiger partial charge in [0.15, 0.2) is 0 Å². The molecule has 2 unspecified atom stereocenters. The van der Waals surface area contributed by atoms with Crippen LogP contribution in [0.1, 0.15) is 30.6 Å². The van der Waals surface area contributed by atoms with Crippen molar-refractivity contribution in [2.24, 2.45) is 5.92 Å². The molecule has 7 heteroatoms. The van der Waals surface area contributed by atoms with Gasteiger partial charge in [0.1, 0.15) is 5.82 Å². The standard InChI is InChI=1S/C12H12F4O3/c1-6(11(18)19)4-10(17)7-2-3-9(13)8(5-7)12(14,15)16/h2-3,5-6,10,17H,4H2,1H3,(H,18,19). The Balaban J connectivity index is 2.99. The average Bonchev–Trinajstić information content (AvgIpc) is 2.27. The molecule has 1 aromatic carbocycles. The summed E-state index contributed by atoms with van der Waals surface area (Å²) < 4.78 is 50.4. The van der Waals surface area contributed by atoms with Crippen LogP contribution in [0, 0.1) is 11.7 Å². The van der Waals surface area contributed by atoms with E-state index in [1.807, 2.05) is 0 Å². The number of halogens is 4. The monoisotopic (exact) mass is 280 g/mol. The molecule has 0 saturated carbocycles. The first-order valence-corrected chi connectivity index (χ1v) is 5.40. The van der Waals surface area contributed by atoms with Gasteiger partial charge in [-0.1, -0.05) is 13.0 Å². The lowest BCUT2D eigenvalue weighted by Crippen LogP contribution is -2.15. The molecule has 1 aromatic rings. The van der Waals surface area contributed by atoms with E-state index in [2.05, 4.69) is 0 Å². The second kappa shape index (κ2) is 5.56. The largest absolute Gasteiger partial charge is 0.481 e. The number of carboxylic acids is 1. The highest BCUT2D eigenvalue weighted by Gasteiger charge is 2.34. The summed E-state index contributed by atoms with van der Waals surface area (Å²) in [6.07, 6.45) is -6.51. The number of aliphatic carboxylic acids is 1. The fourth-order valence-electron chi connectivity index (χ4n) is 1.54. The van der Waals surface area contributed by atoms with Gasteiger partial charge in [0.05, 0.1) is 17.6 Å². The van der Waals surface area contributed by atoms with Gasteiger partial charge in [-0.3, -0.25) is 4.79 Å². The lowest BCUT2D eigenvalue weighted by atomic mass is 9.97. The van der Waals surface area contributed by atoms with Crippen molar-refractivity contribution in [1.82, 2.24) is 0 Å². The molecule has 0 aliphatic rings. The average molecular weight is 280 g/mol. The molecule has 2 atom stereocenters. The zero-order valence-corrected chi connectivity index (χ0v) is 9.91. The van der Waals surface area contributed by atoms with Crippen LogP contribution in [0.3, 0.4) is 0 Å². The van der Waals surface area contributed by atoms with E-state index in [4.69, 9.17) is 5.11 Å². The zero-order chi connectivity index (χ0) is 14.8. The Morgan fingerprint density at radius 3 is 2.42 bits per heavy atom. The van der Waals surface area contributed by atoms with Crippen molar-refractivity contribution < 1.29 is 32.6 Å². The molecule has 0 aliphatic carbocycles. The molecule has 0 aromatic heterocycles. The van der Waals surface area contributed by atoms with Crippen molar-refractivity contribution in [2.45, 2.75) is 25.6 Å². The quantitative estimate of drug-likeness (QED) is 0.834. The summed E-state index contributed by atoms with van der Waals surface area (Å²) in [5.74, 6) is -3.53. The molecule has 19 heavy (non-hydrogen) atoms. The Hall–Kier alpha value is -1.63. The van der Waals surface area contributed by atoms with Gasteiger partial charge in [0.25, 0.3) is 0 Å². The van der Waals surface area contributed by atoms with Gasteiger partial charge in [-0.2, -0.15) is 13.2 Å². The number of hydrogen-bond acceptors (Lipinski definition) is 2. The first kappa shape index (κ1) is 15.4. The second-order valence-corrected chi connectivity index (χ2v) is 4.23. The molecule has 0 radical (unpaired) electrons. The van der Waals surface area contributed by atoms with Gasteiger partial charge in [0, 0.05) is 0 Å². The van der Waals surface area contributed by atoms with Crippen LogP contribution in [-0.4, -0.2) is 16.2 Å². The lowest BCUT2D eigenvalue weighted by Gasteiger charge is -2.16. The summed E-state index contributed by atoms with van der Waals surface area (Å²) in [6, 6.07) is 2.10. The topological polar surface area (TPSA) is 57.5 Å². The molecule has 0 saturated heterocycles. The molecule has 3 nitrogen and oxygen atoms in total. The molecule has 0 aliphatic heterocycles. The molecule has 0 bridgehead atoms. The number of carboxylic acid groups (broad SMARTS) is 1. The van der Waals surface area contributed by atoms with E-state index < -0.39 is 35.5 Å². The summed E-state index contributed by atoms with van der Waals surface area (Å²) >= 11 is 0. The third-order valence-corrected chi connectivity index (χ3v) is 2.68. The third kappa shape index (κ3) is 3.92. The van der Waals surface area contributed by atoms with E-state index in [1.54, 1.807) is 0 Å². The van der Waals surface area contributed by atoms with Crippen LogP contribution in [-0.2, 0) is 11.0 Å². The second-order valence-electron chi connectivity index (χ2n) is 4.23. The predicted molar refractivity (Wildman–Crippen MR) is 57.8 cm³/mol. The minimum atomic E-state index is -4.86. The summed E-state index contributed by atoms with van der Waals surface area (Å²) in [6.45, 7) is 1.32. The SMILES string of the molecule is CC(CC(O)c1ccc(F)c(C(F)(F)F)c1)C(=O)O. The van der Waals surface area contributed by atoms with Crippen molar-refractivity contribution in [2.75, 3.05) is 0 Å². The van der Waals surface area contributed by atoms with Crippen molar-refractivity contribution in [3.05, 3.63) is 35.1 Å². The normalized spacial score (nSPS) is 15.1. The number of rotatable bonds is 4. The maximum Gasteiger partial charge on any atom is 0.419 e. The highest BCUT2D eigenvalue weighted by molar-refractivity contribution is 5.69. The predicted octanol–water partition coefficient (Wildman–Crippen LogP) is 2.99. The molecular weight excluding hydrogens is 268 g/mol. The van der Waals surface area contributed by atoms with Gasteiger partial charge in [0.2, 0.25) is 0 Å². The smallest absolute Gasteiger partial charge is 0.419 e.